The normalized spacial score (nSPS) is 17.9. The van der Waals surface area contributed by atoms with Crippen molar-refractivity contribution in [1.29, 1.82) is 0 Å². The van der Waals surface area contributed by atoms with Gasteiger partial charge in [-0.15, -0.1) is 0 Å². The molecule has 0 aromatic carbocycles. The Kier molecular flexibility index (Phi) is 6.07. The zero-order chi connectivity index (χ0) is 16.1. The fraction of sp³-hybridized carbons (Fsp3) is 0.786. The zero-order valence-electron chi connectivity index (χ0n) is 12.8. The van der Waals surface area contributed by atoms with Crippen LogP contribution in [0.2, 0.25) is 0 Å². The maximum absolute atomic E-state index is 11.9. The second-order valence-electron chi connectivity index (χ2n) is 6.56. The molecule has 1 heterocycles. The lowest BCUT2D eigenvalue weighted by molar-refractivity contribution is -0.148. The summed E-state index contributed by atoms with van der Waals surface area (Å²) in [6.45, 7) is 5.63. The van der Waals surface area contributed by atoms with E-state index in [4.69, 9.17) is 0 Å². The van der Waals surface area contributed by atoms with E-state index in [-0.39, 0.29) is 17.9 Å². The van der Waals surface area contributed by atoms with Gasteiger partial charge in [0.25, 0.3) is 0 Å². The van der Waals surface area contributed by atoms with Crippen molar-refractivity contribution >= 4 is 29.5 Å². The lowest BCUT2D eigenvalue weighted by Gasteiger charge is -2.33. The number of aliphatic carboxylic acids is 1. The van der Waals surface area contributed by atoms with Crippen molar-refractivity contribution in [2.75, 3.05) is 18.1 Å². The van der Waals surface area contributed by atoms with Gasteiger partial charge in [0.1, 0.15) is 5.54 Å². The molecule has 3 N–H and O–H groups in total. The van der Waals surface area contributed by atoms with Crippen LogP contribution in [0, 0.1) is 5.41 Å². The molecule has 0 aliphatic carbocycles. The summed E-state index contributed by atoms with van der Waals surface area (Å²) in [7, 11) is 0. The van der Waals surface area contributed by atoms with E-state index in [1.54, 1.807) is 11.8 Å². The molecule has 7 heteroatoms. The average Bonchev–Trinajstić information content (AvgIpc) is 2.35. The van der Waals surface area contributed by atoms with Gasteiger partial charge in [-0.05, 0) is 29.8 Å². The molecule has 0 bridgehead atoms. The quantitative estimate of drug-likeness (QED) is 0.703. The van der Waals surface area contributed by atoms with Crippen LogP contribution in [0.5, 0.6) is 0 Å². The number of carbonyl (C=O) groups is 3. The molecule has 0 atom stereocenters. The summed E-state index contributed by atoms with van der Waals surface area (Å²) in [6, 6.07) is 0. The SMILES string of the molecule is CC(C)(C)CC(=O)NCC(=O)NC1(C(=O)O)CCSCC1. The Labute approximate surface area is 129 Å². The van der Waals surface area contributed by atoms with Crippen LogP contribution in [0.1, 0.15) is 40.0 Å². The molecule has 1 rings (SSSR count). The topological polar surface area (TPSA) is 95.5 Å². The Morgan fingerprint density at radius 2 is 1.71 bits per heavy atom. The van der Waals surface area contributed by atoms with E-state index >= 15 is 0 Å². The van der Waals surface area contributed by atoms with E-state index in [0.29, 0.717) is 30.8 Å². The molecule has 1 aliphatic rings. The van der Waals surface area contributed by atoms with Gasteiger partial charge in [-0.3, -0.25) is 9.59 Å². The molecule has 0 aromatic rings. The second kappa shape index (κ2) is 7.15. The van der Waals surface area contributed by atoms with Crippen LogP contribution in [0.25, 0.3) is 0 Å². The zero-order valence-corrected chi connectivity index (χ0v) is 13.6. The van der Waals surface area contributed by atoms with Crippen LogP contribution in [0.3, 0.4) is 0 Å². The third-order valence-corrected chi connectivity index (χ3v) is 4.26. The van der Waals surface area contributed by atoms with E-state index in [9.17, 15) is 19.5 Å². The maximum Gasteiger partial charge on any atom is 0.329 e. The summed E-state index contributed by atoms with van der Waals surface area (Å²) < 4.78 is 0. The first-order chi connectivity index (χ1) is 9.65. The summed E-state index contributed by atoms with van der Waals surface area (Å²) in [6.07, 6.45) is 1.14. The van der Waals surface area contributed by atoms with Gasteiger partial charge in [0.15, 0.2) is 0 Å². The van der Waals surface area contributed by atoms with Crippen LogP contribution in [0.4, 0.5) is 0 Å². The van der Waals surface area contributed by atoms with Crippen LogP contribution < -0.4 is 10.6 Å². The van der Waals surface area contributed by atoms with Crippen LogP contribution in [-0.4, -0.2) is 46.5 Å². The molecule has 0 aromatic heterocycles. The summed E-state index contributed by atoms with van der Waals surface area (Å²) in [5.41, 5.74) is -1.33. The van der Waals surface area contributed by atoms with Crippen molar-refractivity contribution in [2.24, 2.45) is 5.41 Å². The molecule has 0 spiro atoms. The number of nitrogens with one attached hydrogen (secondary N) is 2. The maximum atomic E-state index is 11.9. The Bertz CT molecular complexity index is 412. The molecule has 1 saturated heterocycles. The van der Waals surface area contributed by atoms with Gasteiger partial charge in [0.2, 0.25) is 11.8 Å². The van der Waals surface area contributed by atoms with E-state index in [1.165, 1.54) is 0 Å². The van der Waals surface area contributed by atoms with Gasteiger partial charge in [0, 0.05) is 6.42 Å². The lowest BCUT2D eigenvalue weighted by Crippen LogP contribution is -2.58. The predicted octanol–water partition coefficient (Wildman–Crippen LogP) is 1.01. The van der Waals surface area contributed by atoms with Crippen molar-refractivity contribution in [3.63, 3.8) is 0 Å². The fourth-order valence-corrected chi connectivity index (χ4v) is 3.34. The molecule has 6 nitrogen and oxygen atoms in total. The molecule has 0 saturated carbocycles. The highest BCUT2D eigenvalue weighted by molar-refractivity contribution is 7.99. The standard InChI is InChI=1S/C14H24N2O4S/c1-13(2,3)8-10(17)15-9-11(18)16-14(12(19)20)4-6-21-7-5-14/h4-9H2,1-3H3,(H,15,17)(H,16,18)(H,19,20). The molecule has 1 aliphatic heterocycles. The number of hydrogen-bond acceptors (Lipinski definition) is 4. The number of rotatable bonds is 5. The summed E-state index contributed by atoms with van der Waals surface area (Å²) in [5.74, 6) is -0.240. The monoisotopic (exact) mass is 316 g/mol. The van der Waals surface area contributed by atoms with Crippen molar-refractivity contribution in [2.45, 2.75) is 45.6 Å². The van der Waals surface area contributed by atoms with Gasteiger partial charge in [0.05, 0.1) is 6.54 Å². The Morgan fingerprint density at radius 1 is 1.14 bits per heavy atom. The van der Waals surface area contributed by atoms with Crippen molar-refractivity contribution in [3.05, 3.63) is 0 Å². The summed E-state index contributed by atoms with van der Waals surface area (Å²) in [4.78, 5) is 35.0. The first kappa shape index (κ1) is 17.8. The largest absolute Gasteiger partial charge is 0.480 e. The summed E-state index contributed by atoms with van der Waals surface area (Å²) >= 11 is 1.68. The van der Waals surface area contributed by atoms with Gasteiger partial charge >= 0.3 is 5.97 Å². The molecule has 21 heavy (non-hydrogen) atoms. The minimum absolute atomic E-state index is 0.149. The van der Waals surface area contributed by atoms with E-state index in [1.807, 2.05) is 20.8 Å². The molecule has 0 radical (unpaired) electrons. The number of carboxylic acids is 1. The minimum atomic E-state index is -1.18. The van der Waals surface area contributed by atoms with Crippen LogP contribution in [0.15, 0.2) is 0 Å². The molecular formula is C14H24N2O4S. The third kappa shape index (κ3) is 5.95. The first-order valence-corrected chi connectivity index (χ1v) is 8.19. The molecule has 0 unspecified atom stereocenters. The smallest absolute Gasteiger partial charge is 0.329 e. The number of hydrogen-bond donors (Lipinski definition) is 3. The minimum Gasteiger partial charge on any atom is -0.480 e. The Balaban J connectivity index is 2.48. The average molecular weight is 316 g/mol. The van der Waals surface area contributed by atoms with Crippen molar-refractivity contribution in [1.82, 2.24) is 10.6 Å². The highest BCUT2D eigenvalue weighted by Gasteiger charge is 2.41. The Morgan fingerprint density at radius 3 is 2.19 bits per heavy atom. The summed E-state index contributed by atoms with van der Waals surface area (Å²) in [5, 5.41) is 14.5. The highest BCUT2D eigenvalue weighted by atomic mass is 32.2. The molecular weight excluding hydrogens is 292 g/mol. The first-order valence-electron chi connectivity index (χ1n) is 7.03. The Hall–Kier alpha value is -1.24. The van der Waals surface area contributed by atoms with Gasteiger partial charge in [-0.25, -0.2) is 4.79 Å². The van der Waals surface area contributed by atoms with E-state index in [0.717, 1.165) is 0 Å². The van der Waals surface area contributed by atoms with E-state index in [2.05, 4.69) is 10.6 Å². The highest BCUT2D eigenvalue weighted by Crippen LogP contribution is 2.27. The van der Waals surface area contributed by atoms with Crippen molar-refractivity contribution < 1.29 is 19.5 Å². The molecule has 1 fully saturated rings. The van der Waals surface area contributed by atoms with Gasteiger partial charge in [-0.2, -0.15) is 11.8 Å². The third-order valence-electron chi connectivity index (χ3n) is 3.27. The predicted molar refractivity (Wildman–Crippen MR) is 82.2 cm³/mol. The van der Waals surface area contributed by atoms with Crippen LogP contribution in [-0.2, 0) is 14.4 Å². The fourth-order valence-electron chi connectivity index (χ4n) is 2.15. The number of thioether (sulfide) groups is 1. The second-order valence-corrected chi connectivity index (χ2v) is 7.79. The number of carbonyl (C=O) groups excluding carboxylic acids is 2. The molecule has 2 amide bonds. The number of carboxylic acid groups (broad SMARTS) is 1. The van der Waals surface area contributed by atoms with Gasteiger partial charge in [-0.1, -0.05) is 20.8 Å². The van der Waals surface area contributed by atoms with Crippen molar-refractivity contribution in [3.8, 4) is 0 Å². The molecule has 120 valence electrons. The van der Waals surface area contributed by atoms with Gasteiger partial charge < -0.3 is 15.7 Å². The number of amides is 2. The van der Waals surface area contributed by atoms with E-state index < -0.39 is 17.4 Å². The van der Waals surface area contributed by atoms with Crippen LogP contribution >= 0.6 is 11.8 Å². The lowest BCUT2D eigenvalue weighted by atomic mass is 9.91.